The number of aryl methyl sites for hydroxylation is 2. The molecule has 4 rings (SSSR count). The highest BCUT2D eigenvalue weighted by atomic mass is 15.1. The van der Waals surface area contributed by atoms with Gasteiger partial charge in [-0.15, -0.1) is 0 Å². The summed E-state index contributed by atoms with van der Waals surface area (Å²) in [5, 5.41) is 0. The highest BCUT2D eigenvalue weighted by Crippen LogP contribution is 2.36. The van der Waals surface area contributed by atoms with Gasteiger partial charge in [0.2, 0.25) is 0 Å². The van der Waals surface area contributed by atoms with Crippen LogP contribution in [-0.4, -0.2) is 0 Å². The van der Waals surface area contributed by atoms with Gasteiger partial charge in [-0.2, -0.15) is 0 Å². The maximum atomic E-state index is 2.30. The van der Waals surface area contributed by atoms with Gasteiger partial charge in [0, 0.05) is 17.1 Å². The number of para-hydroxylation sites is 1. The van der Waals surface area contributed by atoms with Crippen LogP contribution in [0.15, 0.2) is 103 Å². The molecule has 0 aliphatic carbocycles. The summed E-state index contributed by atoms with van der Waals surface area (Å²) in [6, 6.07) is 36.7. The monoisotopic (exact) mass is 349 g/mol. The molecule has 0 fully saturated rings. The Morgan fingerprint density at radius 2 is 1.00 bits per heavy atom. The summed E-state index contributed by atoms with van der Waals surface area (Å²) in [5.41, 5.74) is 8.47. The fraction of sp³-hybridized carbons (Fsp3) is 0.0769. The quantitative estimate of drug-likeness (QED) is 0.370. The van der Waals surface area contributed by atoms with Crippen LogP contribution in [0.4, 0.5) is 17.1 Å². The van der Waals surface area contributed by atoms with Gasteiger partial charge < -0.3 is 4.90 Å². The molecule has 1 nitrogen and oxygen atoms in total. The van der Waals surface area contributed by atoms with Crippen LogP contribution in [0.25, 0.3) is 11.1 Å². The molecule has 27 heavy (non-hydrogen) atoms. The molecule has 0 unspecified atom stereocenters. The van der Waals surface area contributed by atoms with E-state index in [1.807, 2.05) is 0 Å². The van der Waals surface area contributed by atoms with E-state index in [0.29, 0.717) is 0 Å². The van der Waals surface area contributed by atoms with E-state index in [1.165, 1.54) is 22.3 Å². The summed E-state index contributed by atoms with van der Waals surface area (Å²) in [4.78, 5) is 2.30. The minimum atomic E-state index is 1.16. The molecule has 0 bridgehead atoms. The van der Waals surface area contributed by atoms with E-state index in [4.69, 9.17) is 0 Å². The molecule has 0 aliphatic rings. The molecule has 0 radical (unpaired) electrons. The fourth-order valence-corrected chi connectivity index (χ4v) is 3.29. The summed E-state index contributed by atoms with van der Waals surface area (Å²) in [6.07, 6.45) is 0. The molecular weight excluding hydrogens is 326 g/mol. The van der Waals surface area contributed by atoms with Gasteiger partial charge in [-0.05, 0) is 61.4 Å². The third kappa shape index (κ3) is 3.78. The molecule has 0 amide bonds. The first-order chi connectivity index (χ1) is 13.2. The van der Waals surface area contributed by atoms with Gasteiger partial charge in [0.15, 0.2) is 0 Å². The normalized spacial score (nSPS) is 10.6. The predicted molar refractivity (Wildman–Crippen MR) is 116 cm³/mol. The van der Waals surface area contributed by atoms with Gasteiger partial charge in [-0.25, -0.2) is 0 Å². The highest BCUT2D eigenvalue weighted by Gasteiger charge is 2.12. The molecule has 4 aromatic carbocycles. The smallest absolute Gasteiger partial charge is 0.0467 e. The van der Waals surface area contributed by atoms with Crippen molar-refractivity contribution in [2.75, 3.05) is 4.90 Å². The Morgan fingerprint density at radius 3 is 1.67 bits per heavy atom. The Labute approximate surface area is 161 Å². The van der Waals surface area contributed by atoms with Crippen LogP contribution < -0.4 is 4.90 Å². The van der Waals surface area contributed by atoms with Gasteiger partial charge in [-0.3, -0.25) is 0 Å². The van der Waals surface area contributed by atoms with E-state index in [9.17, 15) is 0 Å². The Morgan fingerprint density at radius 1 is 0.444 bits per heavy atom. The van der Waals surface area contributed by atoms with Crippen molar-refractivity contribution in [1.82, 2.24) is 0 Å². The second-order valence-electron chi connectivity index (χ2n) is 6.92. The van der Waals surface area contributed by atoms with Gasteiger partial charge >= 0.3 is 0 Å². The van der Waals surface area contributed by atoms with Crippen molar-refractivity contribution < 1.29 is 0 Å². The number of rotatable bonds is 4. The molecule has 4 aromatic rings. The zero-order valence-corrected chi connectivity index (χ0v) is 15.8. The molecule has 0 heterocycles. The van der Waals surface area contributed by atoms with Crippen LogP contribution in [-0.2, 0) is 0 Å². The molecule has 0 aliphatic heterocycles. The summed E-state index contributed by atoms with van der Waals surface area (Å²) in [5.74, 6) is 0. The highest BCUT2D eigenvalue weighted by molar-refractivity contribution is 5.79. The molecule has 0 aromatic heterocycles. The van der Waals surface area contributed by atoms with Gasteiger partial charge in [0.1, 0.15) is 0 Å². The first kappa shape index (κ1) is 17.1. The van der Waals surface area contributed by atoms with Crippen molar-refractivity contribution >= 4 is 17.1 Å². The van der Waals surface area contributed by atoms with Crippen molar-refractivity contribution in [2.24, 2.45) is 0 Å². The average molecular weight is 349 g/mol. The van der Waals surface area contributed by atoms with E-state index >= 15 is 0 Å². The van der Waals surface area contributed by atoms with Gasteiger partial charge in [-0.1, -0.05) is 77.9 Å². The second kappa shape index (κ2) is 7.51. The molecule has 0 atom stereocenters. The third-order valence-corrected chi connectivity index (χ3v) is 4.80. The first-order valence-electron chi connectivity index (χ1n) is 9.30. The molecule has 0 saturated heterocycles. The van der Waals surface area contributed by atoms with E-state index in [1.54, 1.807) is 0 Å². The van der Waals surface area contributed by atoms with Crippen molar-refractivity contribution in [3.8, 4) is 11.1 Å². The third-order valence-electron chi connectivity index (χ3n) is 4.80. The lowest BCUT2D eigenvalue weighted by atomic mass is 10.0. The number of anilines is 3. The zero-order chi connectivity index (χ0) is 18.6. The SMILES string of the molecule is Cc1ccc(-c2cccc(N(c3ccccc3)c3ccc(C)cc3)c2)cc1. The molecule has 1 heteroatoms. The van der Waals surface area contributed by atoms with Crippen LogP contribution in [0.1, 0.15) is 11.1 Å². The molecule has 0 N–H and O–H groups in total. The Kier molecular flexibility index (Phi) is 4.76. The number of benzene rings is 4. The topological polar surface area (TPSA) is 3.24 Å². The Bertz CT molecular complexity index is 1020. The Hall–Kier alpha value is -3.32. The van der Waals surface area contributed by atoms with Crippen LogP contribution in [0.3, 0.4) is 0 Å². The van der Waals surface area contributed by atoms with Crippen molar-refractivity contribution in [3.05, 3.63) is 114 Å². The summed E-state index contributed by atoms with van der Waals surface area (Å²) in [7, 11) is 0. The van der Waals surface area contributed by atoms with E-state index in [0.717, 1.165) is 17.1 Å². The standard InChI is InChI=1S/C26H23N/c1-20-11-15-22(16-12-20)23-7-6-10-26(19-23)27(24-8-4-3-5-9-24)25-17-13-21(2)14-18-25/h3-19H,1-2H3. The minimum Gasteiger partial charge on any atom is -0.310 e. The summed E-state index contributed by atoms with van der Waals surface area (Å²) >= 11 is 0. The minimum absolute atomic E-state index is 1.16. The van der Waals surface area contributed by atoms with Crippen molar-refractivity contribution in [1.29, 1.82) is 0 Å². The summed E-state index contributed by atoms with van der Waals surface area (Å²) < 4.78 is 0. The molecule has 132 valence electrons. The number of nitrogens with zero attached hydrogens (tertiary/aromatic N) is 1. The second-order valence-corrected chi connectivity index (χ2v) is 6.92. The van der Waals surface area contributed by atoms with Crippen LogP contribution >= 0.6 is 0 Å². The van der Waals surface area contributed by atoms with Gasteiger partial charge in [0.25, 0.3) is 0 Å². The lowest BCUT2D eigenvalue weighted by Crippen LogP contribution is -2.09. The average Bonchev–Trinajstić information content (AvgIpc) is 2.71. The largest absolute Gasteiger partial charge is 0.310 e. The molecular formula is C26H23N. The van der Waals surface area contributed by atoms with Crippen LogP contribution in [0, 0.1) is 13.8 Å². The number of hydrogen-bond acceptors (Lipinski definition) is 1. The predicted octanol–water partition coefficient (Wildman–Crippen LogP) is 7.44. The van der Waals surface area contributed by atoms with Gasteiger partial charge in [0.05, 0.1) is 0 Å². The van der Waals surface area contributed by atoms with E-state index in [2.05, 4.69) is 122 Å². The van der Waals surface area contributed by atoms with Crippen LogP contribution in [0.2, 0.25) is 0 Å². The molecule has 0 saturated carbocycles. The lowest BCUT2D eigenvalue weighted by molar-refractivity contribution is 1.27. The summed E-state index contributed by atoms with van der Waals surface area (Å²) in [6.45, 7) is 4.24. The maximum absolute atomic E-state index is 2.30. The lowest BCUT2D eigenvalue weighted by Gasteiger charge is -2.26. The van der Waals surface area contributed by atoms with Crippen LogP contribution in [0.5, 0.6) is 0 Å². The van der Waals surface area contributed by atoms with Crippen molar-refractivity contribution in [2.45, 2.75) is 13.8 Å². The Balaban J connectivity index is 1.82. The van der Waals surface area contributed by atoms with Crippen molar-refractivity contribution in [3.63, 3.8) is 0 Å². The molecule has 0 spiro atoms. The number of hydrogen-bond donors (Lipinski definition) is 0. The van der Waals surface area contributed by atoms with E-state index in [-0.39, 0.29) is 0 Å². The first-order valence-corrected chi connectivity index (χ1v) is 9.30. The zero-order valence-electron chi connectivity index (χ0n) is 15.8. The van der Waals surface area contributed by atoms with E-state index < -0.39 is 0 Å². The maximum Gasteiger partial charge on any atom is 0.0467 e. The fourth-order valence-electron chi connectivity index (χ4n) is 3.29.